The second-order valence-electron chi connectivity index (χ2n) is 12.2. The van der Waals surface area contributed by atoms with Crippen molar-refractivity contribution in [3.63, 3.8) is 0 Å². The first-order valence-electron chi connectivity index (χ1n) is 15.6. The third-order valence-corrected chi connectivity index (χ3v) is 9.50. The molecular weight excluding hydrogens is 653 g/mol. The summed E-state index contributed by atoms with van der Waals surface area (Å²) in [6.45, 7) is 3.42. The van der Waals surface area contributed by atoms with Gasteiger partial charge in [0.05, 0.1) is 25.0 Å². The van der Waals surface area contributed by atoms with Gasteiger partial charge in [-0.3, -0.25) is 14.4 Å². The molecule has 0 radical (unpaired) electrons. The largest absolute Gasteiger partial charge is 0.434 e. The number of likely N-dealkylation sites (tertiary alicyclic amines) is 1. The molecule has 2 aliphatic heterocycles. The smallest absolute Gasteiger partial charge is 0.266 e. The molecule has 12 nitrogen and oxygen atoms in total. The molecule has 1 aromatic heterocycles. The lowest BCUT2D eigenvalue weighted by Crippen LogP contribution is -2.55. The van der Waals surface area contributed by atoms with Crippen molar-refractivity contribution in [2.24, 2.45) is 5.92 Å². The van der Waals surface area contributed by atoms with Gasteiger partial charge in [0.25, 0.3) is 5.89 Å². The second kappa shape index (κ2) is 15.2. The molecule has 2 aromatic carbocycles. The van der Waals surface area contributed by atoms with Crippen molar-refractivity contribution in [3.8, 4) is 0 Å². The molecule has 0 saturated carbocycles. The number of piperidine rings is 1. The summed E-state index contributed by atoms with van der Waals surface area (Å²) in [5, 5.41) is 6.53. The van der Waals surface area contributed by atoms with Gasteiger partial charge < -0.3 is 24.7 Å². The van der Waals surface area contributed by atoms with E-state index in [1.807, 2.05) is 12.1 Å². The van der Waals surface area contributed by atoms with E-state index in [0.29, 0.717) is 17.4 Å². The molecule has 3 heterocycles. The predicted octanol–water partition coefficient (Wildman–Crippen LogP) is 3.19. The number of nitrogens with one attached hydrogen (secondary N) is 3. The van der Waals surface area contributed by atoms with Crippen molar-refractivity contribution in [1.82, 2.24) is 25.2 Å². The van der Waals surface area contributed by atoms with Crippen LogP contribution in [0.15, 0.2) is 46.9 Å². The minimum Gasteiger partial charge on any atom is -0.434 e. The second-order valence-corrected chi connectivity index (χ2v) is 14.5. The van der Waals surface area contributed by atoms with Crippen molar-refractivity contribution in [1.29, 1.82) is 0 Å². The SMILES string of the molecule is C[C@H](NC(=O)[C@@H]1C[C@@H](OCc2ccc(Cl)cc2)CN1C(=O)[C@@H](CCC1CCNCC1)NS(C)(=O)=O)C(=O)c1nc2ccc(F)cc2o1. The van der Waals surface area contributed by atoms with Gasteiger partial charge in [0.2, 0.25) is 27.6 Å². The van der Waals surface area contributed by atoms with Crippen molar-refractivity contribution >= 4 is 50.3 Å². The normalized spacial score (nSPS) is 20.3. The number of rotatable bonds is 13. The zero-order chi connectivity index (χ0) is 33.7. The summed E-state index contributed by atoms with van der Waals surface area (Å²) in [4.78, 5) is 46.4. The summed E-state index contributed by atoms with van der Waals surface area (Å²) in [5.41, 5.74) is 1.22. The van der Waals surface area contributed by atoms with Gasteiger partial charge in [-0.25, -0.2) is 22.5 Å². The predicted molar refractivity (Wildman–Crippen MR) is 173 cm³/mol. The number of hydrogen-bond donors (Lipinski definition) is 3. The van der Waals surface area contributed by atoms with Crippen LogP contribution in [0.25, 0.3) is 11.1 Å². The first kappa shape index (κ1) is 34.9. The average Bonchev–Trinajstić information content (AvgIpc) is 3.66. The molecule has 2 aliphatic rings. The number of oxazole rings is 1. The lowest BCUT2D eigenvalue weighted by Gasteiger charge is -2.30. The van der Waals surface area contributed by atoms with Crippen molar-refractivity contribution in [2.45, 2.75) is 69.9 Å². The van der Waals surface area contributed by atoms with E-state index in [1.54, 1.807) is 12.1 Å². The molecule has 0 unspecified atom stereocenters. The average molecular weight is 692 g/mol. The van der Waals surface area contributed by atoms with Gasteiger partial charge >= 0.3 is 0 Å². The zero-order valence-electron chi connectivity index (χ0n) is 26.2. The highest BCUT2D eigenvalue weighted by Gasteiger charge is 2.43. The Morgan fingerprint density at radius 3 is 2.60 bits per heavy atom. The van der Waals surface area contributed by atoms with Gasteiger partial charge in [-0.2, -0.15) is 0 Å². The fraction of sp³-hybridized carbons (Fsp3) is 0.500. The summed E-state index contributed by atoms with van der Waals surface area (Å²) in [5.74, 6) is -2.29. The summed E-state index contributed by atoms with van der Waals surface area (Å²) in [6, 6.07) is 7.55. The molecular formula is C32H39ClFN5O7S. The number of fused-ring (bicyclic) bond motifs is 1. The number of hydrogen-bond acceptors (Lipinski definition) is 9. The van der Waals surface area contributed by atoms with E-state index in [1.165, 1.54) is 24.0 Å². The maximum absolute atomic E-state index is 14.0. The molecule has 4 atom stereocenters. The Morgan fingerprint density at radius 2 is 1.89 bits per heavy atom. The van der Waals surface area contributed by atoms with E-state index in [2.05, 4.69) is 20.3 Å². The van der Waals surface area contributed by atoms with Crippen LogP contribution in [0.1, 0.15) is 55.3 Å². The number of benzene rings is 2. The molecule has 0 bridgehead atoms. The van der Waals surface area contributed by atoms with Gasteiger partial charge in [-0.15, -0.1) is 0 Å². The van der Waals surface area contributed by atoms with Crippen LogP contribution in [0.2, 0.25) is 5.02 Å². The quantitative estimate of drug-likeness (QED) is 0.229. The number of aromatic nitrogens is 1. The molecule has 47 heavy (non-hydrogen) atoms. The molecule has 2 saturated heterocycles. The molecule has 3 N–H and O–H groups in total. The molecule has 3 aromatic rings. The third-order valence-electron chi connectivity index (χ3n) is 8.54. The molecule has 5 rings (SSSR count). The molecule has 0 spiro atoms. The topological polar surface area (TPSA) is 160 Å². The van der Waals surface area contributed by atoms with Crippen LogP contribution < -0.4 is 15.4 Å². The van der Waals surface area contributed by atoms with Crippen LogP contribution in [-0.4, -0.2) is 86.0 Å². The molecule has 2 fully saturated rings. The van der Waals surface area contributed by atoms with Crippen LogP contribution in [0, 0.1) is 11.7 Å². The van der Waals surface area contributed by atoms with E-state index in [-0.39, 0.29) is 43.0 Å². The Hall–Kier alpha value is -3.43. The Kier molecular flexibility index (Phi) is 11.3. The Bertz CT molecular complexity index is 1700. The lowest BCUT2D eigenvalue weighted by atomic mass is 9.91. The summed E-state index contributed by atoms with van der Waals surface area (Å²) < 4.78 is 52.3. The Balaban J connectivity index is 1.32. The van der Waals surface area contributed by atoms with Gasteiger partial charge in [0.15, 0.2) is 5.58 Å². The van der Waals surface area contributed by atoms with Crippen molar-refractivity contribution in [3.05, 3.63) is 64.8 Å². The monoisotopic (exact) mass is 691 g/mol. The van der Waals surface area contributed by atoms with Crippen LogP contribution in [0.3, 0.4) is 0 Å². The molecule has 2 amide bonds. The third kappa shape index (κ3) is 9.35. The summed E-state index contributed by atoms with van der Waals surface area (Å²) in [7, 11) is -3.76. The van der Waals surface area contributed by atoms with Gasteiger partial charge in [0.1, 0.15) is 23.4 Å². The number of carbonyl (C=O) groups is 3. The maximum Gasteiger partial charge on any atom is 0.266 e. The van der Waals surface area contributed by atoms with E-state index in [9.17, 15) is 27.2 Å². The molecule has 15 heteroatoms. The van der Waals surface area contributed by atoms with E-state index in [4.69, 9.17) is 20.8 Å². The van der Waals surface area contributed by atoms with Crippen LogP contribution in [0.4, 0.5) is 4.39 Å². The maximum atomic E-state index is 14.0. The van der Waals surface area contributed by atoms with Crippen molar-refractivity contribution in [2.75, 3.05) is 25.9 Å². The summed E-state index contributed by atoms with van der Waals surface area (Å²) >= 11 is 6.00. The van der Waals surface area contributed by atoms with Gasteiger partial charge in [-0.05, 0) is 81.4 Å². The number of Topliss-reactive ketones (excluding diaryl/α,β-unsaturated/α-hetero) is 1. The lowest BCUT2D eigenvalue weighted by molar-refractivity contribution is -0.140. The Labute approximate surface area is 277 Å². The Morgan fingerprint density at radius 1 is 1.17 bits per heavy atom. The van der Waals surface area contributed by atoms with Gasteiger partial charge in [0, 0.05) is 24.1 Å². The number of nitrogens with zero attached hydrogens (tertiary/aromatic N) is 2. The number of sulfonamides is 1. The molecule has 254 valence electrons. The molecule has 0 aliphatic carbocycles. The van der Waals surface area contributed by atoms with E-state index >= 15 is 0 Å². The van der Waals surface area contributed by atoms with E-state index in [0.717, 1.165) is 43.8 Å². The van der Waals surface area contributed by atoms with Crippen LogP contribution >= 0.6 is 11.6 Å². The summed E-state index contributed by atoms with van der Waals surface area (Å²) in [6.07, 6.45) is 3.33. The number of halogens is 2. The zero-order valence-corrected chi connectivity index (χ0v) is 27.8. The standard InChI is InChI=1S/C32H39ClFN5O7S/c1-19(29(40)31-37-25-10-8-23(34)15-28(25)46-31)36-30(41)27-16-24(45-18-21-3-6-22(33)7-4-21)17-39(27)32(42)26(38-47(2,43)44)9-5-20-11-13-35-14-12-20/h3-4,6-8,10,15,19-20,24,26-27,35,38H,5,9,11-14,16-18H2,1-2H3,(H,36,41)/t19-,24+,26+,27-/m0/s1. The highest BCUT2D eigenvalue weighted by Crippen LogP contribution is 2.26. The van der Waals surface area contributed by atoms with Crippen molar-refractivity contribution < 1.29 is 36.3 Å². The minimum absolute atomic E-state index is 0.0405. The fourth-order valence-corrected chi connectivity index (χ4v) is 6.89. The first-order valence-corrected chi connectivity index (χ1v) is 17.9. The number of ether oxygens (including phenoxy) is 1. The number of ketones is 1. The van der Waals surface area contributed by atoms with Crippen LogP contribution in [0.5, 0.6) is 0 Å². The number of carbonyl (C=O) groups excluding carboxylic acids is 3. The number of amides is 2. The highest BCUT2D eigenvalue weighted by molar-refractivity contribution is 7.88. The van der Waals surface area contributed by atoms with E-state index < -0.39 is 57.7 Å². The fourth-order valence-electron chi connectivity index (χ4n) is 6.03. The van der Waals surface area contributed by atoms with Crippen LogP contribution in [-0.2, 0) is 31.0 Å². The minimum atomic E-state index is -3.76. The highest BCUT2D eigenvalue weighted by atomic mass is 35.5. The van der Waals surface area contributed by atoms with Gasteiger partial charge in [-0.1, -0.05) is 23.7 Å². The first-order chi connectivity index (χ1) is 22.4.